The van der Waals surface area contributed by atoms with Gasteiger partial charge >= 0.3 is 0 Å². The van der Waals surface area contributed by atoms with Gasteiger partial charge in [0.25, 0.3) is 11.5 Å². The van der Waals surface area contributed by atoms with Gasteiger partial charge in [-0.1, -0.05) is 0 Å². The second-order valence-electron chi connectivity index (χ2n) is 5.95. The number of fused-ring (bicyclic) bond motifs is 1. The first-order chi connectivity index (χ1) is 14.1. The lowest BCUT2D eigenvalue weighted by molar-refractivity contribution is 0.0950. The third-order valence-electron chi connectivity index (χ3n) is 3.98. The molecule has 2 heterocycles. The van der Waals surface area contributed by atoms with Crippen LogP contribution < -0.4 is 25.1 Å². The highest BCUT2D eigenvalue weighted by Crippen LogP contribution is 2.39. The molecule has 9 heteroatoms. The number of benzene rings is 1. The zero-order valence-corrected chi connectivity index (χ0v) is 17.4. The van der Waals surface area contributed by atoms with Crippen molar-refractivity contribution in [1.29, 1.82) is 0 Å². The fourth-order valence-electron chi connectivity index (χ4n) is 2.79. The van der Waals surface area contributed by atoms with Crippen molar-refractivity contribution in [2.75, 3.05) is 19.8 Å². The number of aromatic amines is 1. The van der Waals surface area contributed by atoms with Gasteiger partial charge in [0, 0.05) is 10.4 Å². The van der Waals surface area contributed by atoms with E-state index in [0.29, 0.717) is 52.8 Å². The number of hydrogen-bond acceptors (Lipinski definition) is 7. The first-order valence-electron chi connectivity index (χ1n) is 9.38. The van der Waals surface area contributed by atoms with Gasteiger partial charge in [0.15, 0.2) is 11.5 Å². The summed E-state index contributed by atoms with van der Waals surface area (Å²) in [5.74, 6) is 1.13. The summed E-state index contributed by atoms with van der Waals surface area (Å²) in [5.41, 5.74) is 0.204. The predicted molar refractivity (Wildman–Crippen MR) is 111 cm³/mol. The smallest absolute Gasteiger partial charge is 0.259 e. The Morgan fingerprint density at radius 1 is 1.07 bits per heavy atom. The van der Waals surface area contributed by atoms with Crippen LogP contribution in [-0.2, 0) is 6.54 Å². The molecule has 0 spiro atoms. The number of hydrogen-bond donors (Lipinski definition) is 2. The van der Waals surface area contributed by atoms with Crippen LogP contribution in [0.5, 0.6) is 17.2 Å². The van der Waals surface area contributed by atoms with Crippen molar-refractivity contribution in [3.05, 3.63) is 45.3 Å². The van der Waals surface area contributed by atoms with E-state index >= 15 is 0 Å². The Bertz CT molecular complexity index is 1030. The van der Waals surface area contributed by atoms with Crippen LogP contribution in [0.1, 0.15) is 36.0 Å². The van der Waals surface area contributed by atoms with E-state index in [-0.39, 0.29) is 18.0 Å². The number of rotatable bonds is 9. The lowest BCUT2D eigenvalue weighted by atomic mass is 10.1. The molecule has 3 rings (SSSR count). The molecule has 0 aliphatic rings. The summed E-state index contributed by atoms with van der Waals surface area (Å²) in [6, 6.07) is 5.02. The van der Waals surface area contributed by atoms with Gasteiger partial charge < -0.3 is 24.5 Å². The van der Waals surface area contributed by atoms with E-state index < -0.39 is 0 Å². The minimum Gasteiger partial charge on any atom is -0.490 e. The van der Waals surface area contributed by atoms with Gasteiger partial charge in [0.2, 0.25) is 5.75 Å². The predicted octanol–water partition coefficient (Wildman–Crippen LogP) is 3.11. The van der Waals surface area contributed by atoms with Crippen molar-refractivity contribution in [3.63, 3.8) is 0 Å². The van der Waals surface area contributed by atoms with Gasteiger partial charge in [0.05, 0.1) is 38.1 Å². The van der Waals surface area contributed by atoms with Crippen LogP contribution in [0.4, 0.5) is 0 Å². The molecule has 154 valence electrons. The minimum absolute atomic E-state index is 0.196. The molecule has 8 nitrogen and oxygen atoms in total. The molecule has 1 amide bonds. The molecular weight excluding hydrogens is 394 g/mol. The van der Waals surface area contributed by atoms with E-state index in [1.54, 1.807) is 18.2 Å². The standard InChI is InChI=1S/C20H23N3O5S/c1-4-26-15-7-12(8-16(27-5-2)17(15)28-6-3)18(24)21-10-13-9-14-19(25)22-11-23-20(14)29-13/h7-9,11H,4-6,10H2,1-3H3,(H,21,24)(H,22,23,25). The number of carbonyl (C=O) groups excluding carboxylic acids is 1. The monoisotopic (exact) mass is 417 g/mol. The summed E-state index contributed by atoms with van der Waals surface area (Å²) in [6.45, 7) is 7.18. The maximum atomic E-state index is 12.7. The highest BCUT2D eigenvalue weighted by atomic mass is 32.1. The van der Waals surface area contributed by atoms with Gasteiger partial charge in [-0.15, -0.1) is 11.3 Å². The normalized spacial score (nSPS) is 10.7. The Morgan fingerprint density at radius 3 is 2.31 bits per heavy atom. The van der Waals surface area contributed by atoms with Crippen LogP contribution in [0.3, 0.4) is 0 Å². The number of nitrogens with zero attached hydrogens (tertiary/aromatic N) is 1. The largest absolute Gasteiger partial charge is 0.490 e. The Morgan fingerprint density at radius 2 is 1.72 bits per heavy atom. The van der Waals surface area contributed by atoms with E-state index in [1.807, 2.05) is 20.8 Å². The van der Waals surface area contributed by atoms with Crippen molar-refractivity contribution in [2.45, 2.75) is 27.3 Å². The fraction of sp³-hybridized carbons (Fsp3) is 0.350. The third kappa shape index (κ3) is 4.68. The SMILES string of the molecule is CCOc1cc(C(=O)NCc2cc3c(=O)[nH]cnc3s2)cc(OCC)c1OCC. The highest BCUT2D eigenvalue weighted by Gasteiger charge is 2.18. The maximum absolute atomic E-state index is 12.7. The van der Waals surface area contributed by atoms with E-state index in [2.05, 4.69) is 15.3 Å². The van der Waals surface area contributed by atoms with E-state index in [0.717, 1.165) is 4.88 Å². The topological polar surface area (TPSA) is 103 Å². The number of nitrogens with one attached hydrogen (secondary N) is 2. The molecule has 3 aromatic rings. The summed E-state index contributed by atoms with van der Waals surface area (Å²) < 4.78 is 17.0. The van der Waals surface area contributed by atoms with Gasteiger partial charge in [-0.25, -0.2) is 4.98 Å². The van der Waals surface area contributed by atoms with Gasteiger partial charge in [-0.05, 0) is 39.0 Å². The first-order valence-corrected chi connectivity index (χ1v) is 10.2. The average molecular weight is 417 g/mol. The summed E-state index contributed by atoms with van der Waals surface area (Å²) in [7, 11) is 0. The molecule has 2 N–H and O–H groups in total. The molecule has 0 atom stereocenters. The summed E-state index contributed by atoms with van der Waals surface area (Å²) in [5, 5.41) is 3.38. The van der Waals surface area contributed by atoms with Crippen LogP contribution in [0.2, 0.25) is 0 Å². The Balaban J connectivity index is 1.83. The Hall–Kier alpha value is -3.07. The van der Waals surface area contributed by atoms with Gasteiger partial charge in [-0.2, -0.15) is 0 Å². The number of H-pyrrole nitrogens is 1. The second-order valence-corrected chi connectivity index (χ2v) is 7.06. The first kappa shape index (κ1) is 20.7. The van der Waals surface area contributed by atoms with E-state index in [4.69, 9.17) is 14.2 Å². The Kier molecular flexibility index (Phi) is 6.71. The van der Waals surface area contributed by atoms with Crippen molar-refractivity contribution in [2.24, 2.45) is 0 Å². The van der Waals surface area contributed by atoms with Crippen molar-refractivity contribution >= 4 is 27.5 Å². The molecule has 0 saturated carbocycles. The molecule has 0 radical (unpaired) electrons. The van der Waals surface area contributed by atoms with Crippen LogP contribution in [0.25, 0.3) is 10.2 Å². The molecule has 0 bridgehead atoms. The summed E-state index contributed by atoms with van der Waals surface area (Å²) in [6.07, 6.45) is 1.37. The Labute approximate surface area is 171 Å². The highest BCUT2D eigenvalue weighted by molar-refractivity contribution is 7.18. The molecule has 2 aromatic heterocycles. The fourth-order valence-corrected chi connectivity index (χ4v) is 3.73. The molecule has 0 aliphatic carbocycles. The quantitative estimate of drug-likeness (QED) is 0.555. The zero-order valence-electron chi connectivity index (χ0n) is 16.5. The number of aromatic nitrogens is 2. The molecule has 1 aromatic carbocycles. The average Bonchev–Trinajstić information content (AvgIpc) is 3.13. The molecular formula is C20H23N3O5S. The van der Waals surface area contributed by atoms with E-state index in [1.165, 1.54) is 17.7 Å². The lowest BCUT2D eigenvalue weighted by Gasteiger charge is -2.17. The third-order valence-corrected chi connectivity index (χ3v) is 5.02. The number of ether oxygens (including phenoxy) is 3. The lowest BCUT2D eigenvalue weighted by Crippen LogP contribution is -2.22. The number of carbonyl (C=O) groups is 1. The maximum Gasteiger partial charge on any atom is 0.259 e. The van der Waals surface area contributed by atoms with Crippen LogP contribution in [-0.4, -0.2) is 35.7 Å². The molecule has 0 saturated heterocycles. The number of amides is 1. The summed E-state index contributed by atoms with van der Waals surface area (Å²) >= 11 is 1.37. The zero-order chi connectivity index (χ0) is 20.8. The van der Waals surface area contributed by atoms with Crippen molar-refractivity contribution in [1.82, 2.24) is 15.3 Å². The van der Waals surface area contributed by atoms with Crippen LogP contribution in [0.15, 0.2) is 29.3 Å². The molecule has 0 unspecified atom stereocenters. The second kappa shape index (κ2) is 9.42. The van der Waals surface area contributed by atoms with Crippen molar-refractivity contribution in [3.8, 4) is 17.2 Å². The molecule has 0 aliphatic heterocycles. The molecule has 29 heavy (non-hydrogen) atoms. The molecule has 0 fully saturated rings. The van der Waals surface area contributed by atoms with E-state index in [9.17, 15) is 9.59 Å². The minimum atomic E-state index is -0.283. The van der Waals surface area contributed by atoms with Crippen LogP contribution >= 0.6 is 11.3 Å². The number of thiophene rings is 1. The van der Waals surface area contributed by atoms with Gasteiger partial charge in [-0.3, -0.25) is 9.59 Å². The summed E-state index contributed by atoms with van der Waals surface area (Å²) in [4.78, 5) is 32.7. The van der Waals surface area contributed by atoms with Crippen molar-refractivity contribution < 1.29 is 19.0 Å². The van der Waals surface area contributed by atoms with Gasteiger partial charge in [0.1, 0.15) is 4.83 Å². The van der Waals surface area contributed by atoms with Crippen LogP contribution in [0, 0.1) is 0 Å².